The van der Waals surface area contributed by atoms with E-state index < -0.39 is 5.41 Å². The van der Waals surface area contributed by atoms with Crippen molar-refractivity contribution in [2.24, 2.45) is 16.2 Å². The summed E-state index contributed by atoms with van der Waals surface area (Å²) in [6.07, 6.45) is 6.83. The Hall–Kier alpha value is -1.94. The molecule has 166 valence electrons. The van der Waals surface area contributed by atoms with E-state index in [0.717, 1.165) is 21.2 Å². The topological polar surface area (TPSA) is 43.4 Å². The van der Waals surface area contributed by atoms with Crippen molar-refractivity contribution in [3.8, 4) is 0 Å². The van der Waals surface area contributed by atoms with Gasteiger partial charge < -0.3 is 4.74 Å². The minimum Gasteiger partial charge on any atom is -0.463 e. The van der Waals surface area contributed by atoms with Crippen molar-refractivity contribution in [2.75, 3.05) is 6.61 Å². The van der Waals surface area contributed by atoms with E-state index in [1.165, 1.54) is 0 Å². The zero-order valence-corrected chi connectivity index (χ0v) is 21.2. The number of esters is 1. The van der Waals surface area contributed by atoms with Gasteiger partial charge in [-0.25, -0.2) is 4.79 Å². The lowest BCUT2D eigenvalue weighted by Gasteiger charge is -2.42. The molecule has 0 heterocycles. The molecule has 1 aromatic carbocycles. The van der Waals surface area contributed by atoms with Crippen LogP contribution in [0.4, 0.5) is 0 Å². The first-order valence-electron chi connectivity index (χ1n) is 11.0. The highest BCUT2D eigenvalue weighted by atomic mass is 79.9. The number of carbonyl (C=O) groups is 2. The van der Waals surface area contributed by atoms with E-state index in [-0.39, 0.29) is 28.5 Å². The molecule has 0 amide bonds. The summed E-state index contributed by atoms with van der Waals surface area (Å²) in [6, 6.07) is 8.14. The molecule has 1 spiro atoms. The third-order valence-electron chi connectivity index (χ3n) is 6.25. The number of benzene rings is 1. The van der Waals surface area contributed by atoms with Gasteiger partial charge in [-0.15, -0.1) is 0 Å². The number of carbonyl (C=O) groups excluding carboxylic acids is 2. The average Bonchev–Trinajstić information content (AvgIpc) is 3.00. The number of halogens is 1. The van der Waals surface area contributed by atoms with Gasteiger partial charge >= 0.3 is 5.97 Å². The molecule has 1 aromatic rings. The molecule has 4 heteroatoms. The summed E-state index contributed by atoms with van der Waals surface area (Å²) in [5.41, 5.74) is 1.84. The first kappa shape index (κ1) is 23.7. The lowest BCUT2D eigenvalue weighted by Crippen LogP contribution is -2.38. The highest BCUT2D eigenvalue weighted by Gasteiger charge is 2.51. The van der Waals surface area contributed by atoms with Crippen LogP contribution in [0.2, 0.25) is 0 Å². The quantitative estimate of drug-likeness (QED) is 0.436. The van der Waals surface area contributed by atoms with Crippen molar-refractivity contribution in [1.29, 1.82) is 0 Å². The molecule has 3 rings (SSSR count). The smallest absolute Gasteiger partial charge is 0.334 e. The summed E-state index contributed by atoms with van der Waals surface area (Å²) in [5.74, 6) is -0.239. The van der Waals surface area contributed by atoms with E-state index >= 15 is 0 Å². The van der Waals surface area contributed by atoms with E-state index in [2.05, 4.69) is 75.7 Å². The Morgan fingerprint density at radius 2 is 1.61 bits per heavy atom. The fourth-order valence-corrected chi connectivity index (χ4v) is 5.23. The molecular formula is C27H33BrO3. The maximum Gasteiger partial charge on any atom is 0.334 e. The monoisotopic (exact) mass is 484 g/mol. The molecule has 1 atom stereocenters. The molecule has 0 saturated heterocycles. The number of hydrogen-bond donors (Lipinski definition) is 0. The Morgan fingerprint density at radius 3 is 2.10 bits per heavy atom. The lowest BCUT2D eigenvalue weighted by atomic mass is 9.60. The van der Waals surface area contributed by atoms with Gasteiger partial charge in [-0.1, -0.05) is 93.9 Å². The third-order valence-corrected chi connectivity index (χ3v) is 6.97. The van der Waals surface area contributed by atoms with Gasteiger partial charge in [0.05, 0.1) is 6.61 Å². The predicted octanol–water partition coefficient (Wildman–Crippen LogP) is 6.94. The van der Waals surface area contributed by atoms with E-state index in [1.54, 1.807) is 0 Å². The maximum atomic E-state index is 13.6. The van der Waals surface area contributed by atoms with Crippen molar-refractivity contribution in [1.82, 2.24) is 0 Å². The molecular weight excluding hydrogens is 452 g/mol. The molecule has 0 aliphatic heterocycles. The van der Waals surface area contributed by atoms with E-state index in [1.807, 2.05) is 31.2 Å². The Kier molecular flexibility index (Phi) is 6.27. The minimum absolute atomic E-state index is 0.00900. The molecule has 3 nitrogen and oxygen atoms in total. The molecule has 0 bridgehead atoms. The first-order chi connectivity index (χ1) is 14.3. The molecule has 2 aliphatic carbocycles. The number of allylic oxidation sites excluding steroid dienone is 5. The highest BCUT2D eigenvalue weighted by molar-refractivity contribution is 9.10. The standard InChI is InChI=1S/C27H33BrO3/c1-8-31-24(30)19-14-13-18(17-11-9-10-12-22(17)28)27(19)15-20(25(2,3)4)23(29)21(16-27)26(5,6)7/h9-12,14-16,18H,8,13H2,1-7H3. The average molecular weight is 485 g/mol. The summed E-state index contributed by atoms with van der Waals surface area (Å²) in [7, 11) is 0. The van der Waals surface area contributed by atoms with Crippen molar-refractivity contribution >= 4 is 27.7 Å². The summed E-state index contributed by atoms with van der Waals surface area (Å²) < 4.78 is 6.48. The summed E-state index contributed by atoms with van der Waals surface area (Å²) in [5, 5.41) is 0. The van der Waals surface area contributed by atoms with E-state index in [9.17, 15) is 9.59 Å². The Labute approximate surface area is 194 Å². The molecule has 31 heavy (non-hydrogen) atoms. The molecule has 0 radical (unpaired) electrons. The highest BCUT2D eigenvalue weighted by Crippen LogP contribution is 2.58. The van der Waals surface area contributed by atoms with Gasteiger partial charge in [-0.2, -0.15) is 0 Å². The Bertz CT molecular complexity index is 962. The normalized spacial score (nSPS) is 21.0. The minimum atomic E-state index is -0.727. The van der Waals surface area contributed by atoms with Gasteiger partial charge in [0.25, 0.3) is 0 Å². The fourth-order valence-electron chi connectivity index (χ4n) is 4.67. The van der Waals surface area contributed by atoms with Gasteiger partial charge in [0.15, 0.2) is 5.78 Å². The third kappa shape index (κ3) is 4.24. The van der Waals surface area contributed by atoms with E-state index in [4.69, 9.17) is 4.74 Å². The number of rotatable bonds is 3. The molecule has 0 fully saturated rings. The van der Waals surface area contributed by atoms with Gasteiger partial charge in [-0.05, 0) is 35.8 Å². The Balaban J connectivity index is 2.35. The van der Waals surface area contributed by atoms with Crippen LogP contribution in [0.25, 0.3) is 0 Å². The van der Waals surface area contributed by atoms with Gasteiger partial charge in [-0.3, -0.25) is 4.79 Å². The summed E-state index contributed by atoms with van der Waals surface area (Å²) >= 11 is 3.72. The Morgan fingerprint density at radius 1 is 1.06 bits per heavy atom. The predicted molar refractivity (Wildman–Crippen MR) is 129 cm³/mol. The molecule has 1 unspecified atom stereocenters. The van der Waals surface area contributed by atoms with Gasteiger partial charge in [0.2, 0.25) is 0 Å². The molecule has 0 N–H and O–H groups in total. The van der Waals surface area contributed by atoms with Crippen LogP contribution >= 0.6 is 15.9 Å². The van der Waals surface area contributed by atoms with Crippen molar-refractivity contribution in [3.63, 3.8) is 0 Å². The lowest BCUT2D eigenvalue weighted by molar-refractivity contribution is -0.139. The summed E-state index contributed by atoms with van der Waals surface area (Å²) in [6.45, 7) is 14.5. The largest absolute Gasteiger partial charge is 0.463 e. The van der Waals surface area contributed by atoms with Crippen LogP contribution in [0.3, 0.4) is 0 Å². The van der Waals surface area contributed by atoms with Crippen LogP contribution in [0.5, 0.6) is 0 Å². The number of ketones is 1. The zero-order valence-electron chi connectivity index (χ0n) is 19.6. The van der Waals surface area contributed by atoms with Crippen LogP contribution in [-0.4, -0.2) is 18.4 Å². The van der Waals surface area contributed by atoms with E-state index in [0.29, 0.717) is 18.6 Å². The fraction of sp³-hybridized carbons (Fsp3) is 0.481. The number of ether oxygens (including phenoxy) is 1. The first-order valence-corrected chi connectivity index (χ1v) is 11.8. The second kappa shape index (κ2) is 8.20. The maximum absolute atomic E-state index is 13.6. The zero-order chi connectivity index (χ0) is 23.2. The van der Waals surface area contributed by atoms with Crippen LogP contribution in [0, 0.1) is 16.2 Å². The molecule has 2 aliphatic rings. The van der Waals surface area contributed by atoms with Crippen LogP contribution in [-0.2, 0) is 14.3 Å². The van der Waals surface area contributed by atoms with Crippen molar-refractivity contribution < 1.29 is 14.3 Å². The second-order valence-electron chi connectivity index (χ2n) is 10.5. The van der Waals surface area contributed by atoms with Crippen LogP contribution in [0.15, 0.2) is 63.7 Å². The van der Waals surface area contributed by atoms with Crippen LogP contribution < -0.4 is 0 Å². The SMILES string of the molecule is CCOC(=O)C1=CCC(c2ccccc2Br)C12C=C(C(C)(C)C)C(=O)C(C(C)(C)C)=C2. The number of Topliss-reactive ketones (excluding diaryl/α,β-unsaturated/α-hetero) is 1. The van der Waals surface area contributed by atoms with Crippen LogP contribution in [0.1, 0.15) is 66.4 Å². The number of hydrogen-bond acceptors (Lipinski definition) is 3. The second-order valence-corrected chi connectivity index (χ2v) is 11.4. The molecule has 0 aromatic heterocycles. The summed E-state index contributed by atoms with van der Waals surface area (Å²) in [4.78, 5) is 26.7. The molecule has 0 saturated carbocycles. The van der Waals surface area contributed by atoms with Crippen molar-refractivity contribution in [2.45, 2.75) is 60.8 Å². The van der Waals surface area contributed by atoms with Gasteiger partial charge in [0.1, 0.15) is 0 Å². The van der Waals surface area contributed by atoms with Gasteiger partial charge in [0, 0.05) is 32.5 Å². The van der Waals surface area contributed by atoms with Crippen molar-refractivity contribution in [3.05, 3.63) is 69.2 Å².